The fourth-order valence-corrected chi connectivity index (χ4v) is 2.52. The molecular formula is C13H24O5. The van der Waals surface area contributed by atoms with Crippen molar-refractivity contribution in [2.45, 2.75) is 44.0 Å². The molecule has 0 aromatic heterocycles. The highest BCUT2D eigenvalue weighted by Gasteiger charge is 2.37. The Labute approximate surface area is 108 Å². The Balaban J connectivity index is 1.63. The van der Waals surface area contributed by atoms with Crippen LogP contribution in [0.2, 0.25) is 0 Å². The zero-order valence-electron chi connectivity index (χ0n) is 10.7. The van der Waals surface area contributed by atoms with E-state index in [0.29, 0.717) is 19.8 Å². The molecule has 5 nitrogen and oxygen atoms in total. The number of hydrogen-bond donors (Lipinski definition) is 3. The maximum Gasteiger partial charge on any atom is 0.109 e. The van der Waals surface area contributed by atoms with Gasteiger partial charge in [-0.05, 0) is 12.3 Å². The van der Waals surface area contributed by atoms with Crippen LogP contribution in [0.5, 0.6) is 0 Å². The third kappa shape index (κ3) is 3.42. The van der Waals surface area contributed by atoms with Crippen LogP contribution in [0.1, 0.15) is 25.7 Å². The highest BCUT2D eigenvalue weighted by Crippen LogP contribution is 2.29. The summed E-state index contributed by atoms with van der Waals surface area (Å²) in [4.78, 5) is 0. The third-order valence-corrected chi connectivity index (χ3v) is 4.15. The van der Waals surface area contributed by atoms with Crippen LogP contribution >= 0.6 is 0 Å². The summed E-state index contributed by atoms with van der Waals surface area (Å²) >= 11 is 0. The number of hydrogen-bond acceptors (Lipinski definition) is 5. The van der Waals surface area contributed by atoms with Crippen LogP contribution in [0.3, 0.4) is 0 Å². The van der Waals surface area contributed by atoms with Gasteiger partial charge in [0.25, 0.3) is 0 Å². The van der Waals surface area contributed by atoms with Gasteiger partial charge >= 0.3 is 0 Å². The Kier molecular flexibility index (Phi) is 5.38. The Hall–Kier alpha value is -0.200. The maximum atomic E-state index is 9.88. The normalized spacial score (nSPS) is 37.5. The number of aliphatic hydroxyl groups is 3. The predicted molar refractivity (Wildman–Crippen MR) is 65.1 cm³/mol. The summed E-state index contributed by atoms with van der Waals surface area (Å²) in [5, 5.41) is 28.5. The van der Waals surface area contributed by atoms with Crippen molar-refractivity contribution >= 4 is 0 Å². The summed E-state index contributed by atoms with van der Waals surface area (Å²) in [5.41, 5.74) is 0. The lowest BCUT2D eigenvalue weighted by molar-refractivity contribution is -0.184. The first-order valence-corrected chi connectivity index (χ1v) is 6.88. The first-order valence-electron chi connectivity index (χ1n) is 6.88. The molecule has 1 saturated carbocycles. The van der Waals surface area contributed by atoms with Crippen molar-refractivity contribution in [1.29, 1.82) is 0 Å². The summed E-state index contributed by atoms with van der Waals surface area (Å²) in [6, 6.07) is 0. The van der Waals surface area contributed by atoms with Crippen molar-refractivity contribution in [2.24, 2.45) is 11.8 Å². The van der Waals surface area contributed by atoms with E-state index >= 15 is 0 Å². The summed E-state index contributed by atoms with van der Waals surface area (Å²) in [6.07, 6.45) is 2.49. The summed E-state index contributed by atoms with van der Waals surface area (Å²) in [5.74, 6) is 0.617. The number of rotatable bonds is 6. The largest absolute Gasteiger partial charge is 0.394 e. The van der Waals surface area contributed by atoms with E-state index in [-0.39, 0.29) is 12.5 Å². The van der Waals surface area contributed by atoms with Gasteiger partial charge in [-0.25, -0.2) is 0 Å². The molecule has 2 rings (SSSR count). The smallest absolute Gasteiger partial charge is 0.109 e. The van der Waals surface area contributed by atoms with Gasteiger partial charge in [0.2, 0.25) is 0 Å². The van der Waals surface area contributed by atoms with Crippen LogP contribution in [-0.4, -0.2) is 60.1 Å². The molecule has 0 aromatic rings. The molecule has 1 heterocycles. The topological polar surface area (TPSA) is 79.2 Å². The van der Waals surface area contributed by atoms with Gasteiger partial charge in [0, 0.05) is 12.5 Å². The van der Waals surface area contributed by atoms with E-state index in [1.54, 1.807) is 0 Å². The summed E-state index contributed by atoms with van der Waals surface area (Å²) in [6.45, 7) is 1.18. The molecule has 18 heavy (non-hydrogen) atoms. The van der Waals surface area contributed by atoms with E-state index < -0.39 is 18.3 Å². The van der Waals surface area contributed by atoms with E-state index in [0.717, 1.165) is 12.3 Å². The standard InChI is InChI=1S/C13H24O5/c14-6-11-13(16)12(15)10(8-18-11)7-17-5-4-9-2-1-3-9/h9-16H,1-8H2/t10-,11+,12+,13-/m0/s1. The molecule has 0 radical (unpaired) electrons. The second kappa shape index (κ2) is 6.82. The highest BCUT2D eigenvalue weighted by atomic mass is 16.5. The van der Waals surface area contributed by atoms with Gasteiger partial charge in [-0.2, -0.15) is 0 Å². The van der Waals surface area contributed by atoms with E-state index in [9.17, 15) is 10.2 Å². The molecule has 0 bridgehead atoms. The summed E-state index contributed by atoms with van der Waals surface area (Å²) < 4.78 is 10.8. The van der Waals surface area contributed by atoms with Crippen LogP contribution in [0.4, 0.5) is 0 Å². The van der Waals surface area contributed by atoms with Crippen LogP contribution in [0, 0.1) is 11.8 Å². The molecule has 2 aliphatic rings. The quantitative estimate of drug-likeness (QED) is 0.582. The average Bonchev–Trinajstić information content (AvgIpc) is 2.32. The highest BCUT2D eigenvalue weighted by molar-refractivity contribution is 4.86. The van der Waals surface area contributed by atoms with Crippen LogP contribution in [0.25, 0.3) is 0 Å². The zero-order valence-corrected chi connectivity index (χ0v) is 10.7. The molecule has 1 aliphatic heterocycles. The molecule has 1 saturated heterocycles. The van der Waals surface area contributed by atoms with E-state index in [1.165, 1.54) is 19.3 Å². The molecule has 4 atom stereocenters. The predicted octanol–water partition coefficient (Wildman–Crippen LogP) is -0.0777. The number of ether oxygens (including phenoxy) is 2. The van der Waals surface area contributed by atoms with Gasteiger partial charge in [-0.1, -0.05) is 19.3 Å². The minimum Gasteiger partial charge on any atom is -0.394 e. The third-order valence-electron chi connectivity index (χ3n) is 4.15. The van der Waals surface area contributed by atoms with Gasteiger partial charge in [0.1, 0.15) is 12.2 Å². The lowest BCUT2D eigenvalue weighted by Gasteiger charge is -2.36. The molecule has 106 valence electrons. The molecule has 0 aromatic carbocycles. The monoisotopic (exact) mass is 260 g/mol. The Morgan fingerprint density at radius 2 is 1.94 bits per heavy atom. The van der Waals surface area contributed by atoms with Gasteiger partial charge in [0.15, 0.2) is 0 Å². The number of aliphatic hydroxyl groups excluding tert-OH is 3. The molecule has 1 aliphatic carbocycles. The lowest BCUT2D eigenvalue weighted by atomic mass is 9.83. The van der Waals surface area contributed by atoms with Crippen LogP contribution in [-0.2, 0) is 9.47 Å². The zero-order chi connectivity index (χ0) is 13.0. The fourth-order valence-electron chi connectivity index (χ4n) is 2.52. The van der Waals surface area contributed by atoms with Gasteiger partial charge in [0.05, 0.1) is 25.9 Å². The summed E-state index contributed by atoms with van der Waals surface area (Å²) in [7, 11) is 0. The molecular weight excluding hydrogens is 236 g/mol. The van der Waals surface area contributed by atoms with Crippen molar-refractivity contribution in [3.8, 4) is 0 Å². The van der Waals surface area contributed by atoms with Crippen molar-refractivity contribution in [2.75, 3.05) is 26.4 Å². The first kappa shape index (κ1) is 14.2. The average molecular weight is 260 g/mol. The van der Waals surface area contributed by atoms with Gasteiger partial charge in [-0.15, -0.1) is 0 Å². The van der Waals surface area contributed by atoms with E-state index in [4.69, 9.17) is 14.6 Å². The Morgan fingerprint density at radius 1 is 1.17 bits per heavy atom. The molecule has 0 amide bonds. The van der Waals surface area contributed by atoms with Gasteiger partial charge < -0.3 is 24.8 Å². The molecule has 3 N–H and O–H groups in total. The SMILES string of the molecule is OC[C@H]1OC[C@H](COCCC2CCC2)[C@@H](O)[C@H]1O. The maximum absolute atomic E-state index is 9.88. The minimum absolute atomic E-state index is 0.204. The second-order valence-corrected chi connectivity index (χ2v) is 5.46. The first-order chi connectivity index (χ1) is 8.72. The van der Waals surface area contributed by atoms with E-state index in [2.05, 4.69) is 0 Å². The van der Waals surface area contributed by atoms with E-state index in [1.807, 2.05) is 0 Å². The van der Waals surface area contributed by atoms with Crippen molar-refractivity contribution < 1.29 is 24.8 Å². The molecule has 2 fully saturated rings. The molecule has 0 spiro atoms. The lowest BCUT2D eigenvalue weighted by Crippen LogP contribution is -2.52. The van der Waals surface area contributed by atoms with Crippen molar-refractivity contribution in [3.05, 3.63) is 0 Å². The van der Waals surface area contributed by atoms with Crippen LogP contribution in [0.15, 0.2) is 0 Å². The fraction of sp³-hybridized carbons (Fsp3) is 1.00. The minimum atomic E-state index is -1.02. The van der Waals surface area contributed by atoms with Crippen molar-refractivity contribution in [1.82, 2.24) is 0 Å². The Bertz CT molecular complexity index is 244. The molecule has 5 heteroatoms. The molecule has 0 unspecified atom stereocenters. The van der Waals surface area contributed by atoms with Gasteiger partial charge in [-0.3, -0.25) is 0 Å². The van der Waals surface area contributed by atoms with Crippen molar-refractivity contribution in [3.63, 3.8) is 0 Å². The van der Waals surface area contributed by atoms with Crippen LogP contribution < -0.4 is 0 Å². The Morgan fingerprint density at radius 3 is 2.56 bits per heavy atom. The second-order valence-electron chi connectivity index (χ2n) is 5.46.